The normalized spacial score (nSPS) is 24.3. The average Bonchev–Trinajstić information content (AvgIpc) is 2.76. The van der Waals surface area contributed by atoms with Gasteiger partial charge >= 0.3 is 5.97 Å². The summed E-state index contributed by atoms with van der Waals surface area (Å²) >= 11 is 0. The fourth-order valence-corrected chi connectivity index (χ4v) is 1.75. The van der Waals surface area contributed by atoms with Crippen LogP contribution in [0.5, 0.6) is 0 Å². The summed E-state index contributed by atoms with van der Waals surface area (Å²) in [6.07, 6.45) is 0.640. The Morgan fingerprint density at radius 1 is 1.44 bits per heavy atom. The molecular weight excluding hydrogens is 204 g/mol. The highest BCUT2D eigenvalue weighted by atomic mass is 16.5. The van der Waals surface area contributed by atoms with E-state index in [9.17, 15) is 4.79 Å². The highest BCUT2D eigenvalue weighted by Crippen LogP contribution is 2.14. The van der Waals surface area contributed by atoms with Crippen LogP contribution in [0.2, 0.25) is 0 Å². The van der Waals surface area contributed by atoms with Gasteiger partial charge in [0.2, 0.25) is 0 Å². The van der Waals surface area contributed by atoms with E-state index in [4.69, 9.17) is 10.5 Å². The number of carbonyl (C=O) groups excluding carboxylic acids is 1. The quantitative estimate of drug-likeness (QED) is 0.725. The molecule has 1 aromatic carbocycles. The van der Waals surface area contributed by atoms with Crippen molar-refractivity contribution in [3.63, 3.8) is 0 Å². The zero-order valence-electron chi connectivity index (χ0n) is 9.11. The van der Waals surface area contributed by atoms with Crippen LogP contribution in [0, 0.1) is 0 Å². The molecule has 0 amide bonds. The number of nitrogens with one attached hydrogen (secondary N) is 1. The number of rotatable bonds is 3. The summed E-state index contributed by atoms with van der Waals surface area (Å²) in [6, 6.07) is 9.60. The van der Waals surface area contributed by atoms with Gasteiger partial charge in [0.1, 0.15) is 12.1 Å². The highest BCUT2D eigenvalue weighted by molar-refractivity contribution is 5.81. The number of nitrogens with two attached hydrogens (primary N) is 1. The monoisotopic (exact) mass is 220 g/mol. The summed E-state index contributed by atoms with van der Waals surface area (Å²) < 4.78 is 5.21. The van der Waals surface area contributed by atoms with Crippen LogP contribution in [0.25, 0.3) is 0 Å². The van der Waals surface area contributed by atoms with E-state index in [-0.39, 0.29) is 5.97 Å². The van der Waals surface area contributed by atoms with Crippen LogP contribution < -0.4 is 11.1 Å². The Hall–Kier alpha value is -1.39. The molecule has 1 aliphatic heterocycles. The molecule has 0 aromatic heterocycles. The van der Waals surface area contributed by atoms with Gasteiger partial charge < -0.3 is 15.8 Å². The van der Waals surface area contributed by atoms with Crippen LogP contribution in [-0.4, -0.2) is 24.6 Å². The van der Waals surface area contributed by atoms with Crippen LogP contribution in [0.4, 0.5) is 0 Å². The fourth-order valence-electron chi connectivity index (χ4n) is 1.75. The number of esters is 1. The van der Waals surface area contributed by atoms with Gasteiger partial charge in [-0.1, -0.05) is 30.3 Å². The molecular formula is C12H16N2O2. The molecule has 0 unspecified atom stereocenters. The molecule has 4 nitrogen and oxygen atoms in total. The maximum atomic E-state index is 11.8. The predicted molar refractivity (Wildman–Crippen MR) is 60.6 cm³/mol. The van der Waals surface area contributed by atoms with Crippen molar-refractivity contribution in [3.05, 3.63) is 35.9 Å². The van der Waals surface area contributed by atoms with Crippen LogP contribution in [0.15, 0.2) is 30.3 Å². The van der Waals surface area contributed by atoms with Crippen LogP contribution in [0.1, 0.15) is 12.0 Å². The molecule has 1 saturated heterocycles. The van der Waals surface area contributed by atoms with Gasteiger partial charge in [-0.25, -0.2) is 4.79 Å². The molecule has 0 aliphatic carbocycles. The number of hydrogen-bond donors (Lipinski definition) is 2. The Morgan fingerprint density at radius 3 is 2.81 bits per heavy atom. The van der Waals surface area contributed by atoms with Crippen molar-refractivity contribution in [1.29, 1.82) is 0 Å². The maximum absolute atomic E-state index is 11.8. The Labute approximate surface area is 94.8 Å². The van der Waals surface area contributed by atoms with Crippen molar-refractivity contribution in [2.75, 3.05) is 13.1 Å². The first kappa shape index (κ1) is 11.1. The van der Waals surface area contributed by atoms with E-state index in [0.29, 0.717) is 19.6 Å². The number of ether oxygens (including phenoxy) is 1. The Morgan fingerprint density at radius 2 is 2.19 bits per heavy atom. The molecule has 4 heteroatoms. The van der Waals surface area contributed by atoms with Crippen LogP contribution in [-0.2, 0) is 16.1 Å². The summed E-state index contributed by atoms with van der Waals surface area (Å²) in [6.45, 7) is 1.57. The van der Waals surface area contributed by atoms with Crippen molar-refractivity contribution in [2.45, 2.75) is 18.6 Å². The van der Waals surface area contributed by atoms with Crippen molar-refractivity contribution in [2.24, 2.45) is 5.73 Å². The van der Waals surface area contributed by atoms with Gasteiger partial charge in [-0.3, -0.25) is 0 Å². The van der Waals surface area contributed by atoms with Crippen LogP contribution in [0.3, 0.4) is 0 Å². The first-order valence-corrected chi connectivity index (χ1v) is 5.41. The Bertz CT molecular complexity index is 359. The molecule has 3 N–H and O–H groups in total. The second-order valence-corrected chi connectivity index (χ2v) is 4.14. The lowest BCUT2D eigenvalue weighted by Crippen LogP contribution is -2.50. The third kappa shape index (κ3) is 2.40. The zero-order chi connectivity index (χ0) is 11.4. The minimum absolute atomic E-state index is 0.290. The molecule has 16 heavy (non-hydrogen) atoms. The van der Waals surface area contributed by atoms with Crippen molar-refractivity contribution >= 4 is 5.97 Å². The lowest BCUT2D eigenvalue weighted by Gasteiger charge is -2.20. The topological polar surface area (TPSA) is 64.4 Å². The molecule has 0 radical (unpaired) electrons. The molecule has 1 aromatic rings. The summed E-state index contributed by atoms with van der Waals surface area (Å²) in [5.41, 5.74) is 6.07. The van der Waals surface area contributed by atoms with Gasteiger partial charge in [-0.05, 0) is 18.5 Å². The molecule has 0 bridgehead atoms. The maximum Gasteiger partial charge on any atom is 0.327 e. The van der Waals surface area contributed by atoms with Crippen LogP contribution >= 0.6 is 0 Å². The van der Waals surface area contributed by atoms with Gasteiger partial charge in [0.05, 0.1) is 0 Å². The molecule has 0 spiro atoms. The molecule has 1 heterocycles. The smallest absolute Gasteiger partial charge is 0.327 e. The molecule has 86 valence electrons. The Balaban J connectivity index is 1.89. The predicted octanol–water partition coefficient (Wildman–Crippen LogP) is 0.421. The number of hydrogen-bond acceptors (Lipinski definition) is 4. The van der Waals surface area contributed by atoms with E-state index in [2.05, 4.69) is 5.32 Å². The minimum Gasteiger partial charge on any atom is -0.459 e. The lowest BCUT2D eigenvalue weighted by molar-refractivity contribution is -0.150. The second-order valence-electron chi connectivity index (χ2n) is 4.14. The van der Waals surface area contributed by atoms with Crippen molar-refractivity contribution in [3.8, 4) is 0 Å². The Kier molecular flexibility index (Phi) is 3.22. The highest BCUT2D eigenvalue weighted by Gasteiger charge is 2.38. The molecule has 1 aliphatic rings. The van der Waals surface area contributed by atoms with Crippen molar-refractivity contribution < 1.29 is 9.53 Å². The van der Waals surface area contributed by atoms with E-state index in [1.54, 1.807) is 0 Å². The van der Waals surface area contributed by atoms with Gasteiger partial charge in [0, 0.05) is 6.54 Å². The molecule has 1 atom stereocenters. The van der Waals surface area contributed by atoms with E-state index >= 15 is 0 Å². The largest absolute Gasteiger partial charge is 0.459 e. The molecule has 0 saturated carbocycles. The standard InChI is InChI=1S/C12H16N2O2/c13-12(6-7-14-9-12)11(15)16-8-10-4-2-1-3-5-10/h1-5,14H,6-9,13H2/t12-/m1/s1. The molecule has 2 rings (SSSR count). The van der Waals surface area contributed by atoms with Crippen molar-refractivity contribution in [1.82, 2.24) is 5.32 Å². The summed E-state index contributed by atoms with van der Waals surface area (Å²) in [5.74, 6) is -0.318. The lowest BCUT2D eigenvalue weighted by atomic mass is 10.0. The van der Waals surface area contributed by atoms with E-state index in [0.717, 1.165) is 12.1 Å². The number of carbonyl (C=O) groups is 1. The first-order chi connectivity index (χ1) is 7.71. The van der Waals surface area contributed by atoms with Gasteiger partial charge in [-0.2, -0.15) is 0 Å². The van der Waals surface area contributed by atoms with Gasteiger partial charge in [0.25, 0.3) is 0 Å². The SMILES string of the molecule is N[C@]1(C(=O)OCc2ccccc2)CCNC1. The van der Waals surface area contributed by atoms with E-state index in [1.165, 1.54) is 0 Å². The average molecular weight is 220 g/mol. The summed E-state index contributed by atoms with van der Waals surface area (Å²) in [4.78, 5) is 11.8. The van der Waals surface area contributed by atoms with E-state index in [1.807, 2.05) is 30.3 Å². The number of benzene rings is 1. The van der Waals surface area contributed by atoms with E-state index < -0.39 is 5.54 Å². The fraction of sp³-hybridized carbons (Fsp3) is 0.417. The zero-order valence-corrected chi connectivity index (χ0v) is 9.11. The third-order valence-electron chi connectivity index (χ3n) is 2.81. The van der Waals surface area contributed by atoms with Gasteiger partial charge in [-0.15, -0.1) is 0 Å². The first-order valence-electron chi connectivity index (χ1n) is 5.41. The summed E-state index contributed by atoms with van der Waals surface area (Å²) in [5, 5.41) is 3.07. The third-order valence-corrected chi connectivity index (χ3v) is 2.81. The van der Waals surface area contributed by atoms with Gasteiger partial charge in [0.15, 0.2) is 0 Å². The molecule has 1 fully saturated rings. The second kappa shape index (κ2) is 4.63. The minimum atomic E-state index is -0.839. The summed E-state index contributed by atoms with van der Waals surface area (Å²) in [7, 11) is 0.